The number of anilines is 1. The minimum absolute atomic E-state index is 0.134. The van der Waals surface area contributed by atoms with Gasteiger partial charge in [-0.1, -0.05) is 23.7 Å². The van der Waals surface area contributed by atoms with Crippen LogP contribution in [0, 0.1) is 0 Å². The minimum atomic E-state index is -0.306. The first-order valence-electron chi connectivity index (χ1n) is 7.11. The molecule has 0 radical (unpaired) electrons. The highest BCUT2D eigenvalue weighted by Crippen LogP contribution is 2.20. The van der Waals surface area contributed by atoms with Crippen LogP contribution in [0.4, 0.5) is 5.69 Å². The molecule has 0 aliphatic carbocycles. The van der Waals surface area contributed by atoms with E-state index in [9.17, 15) is 9.59 Å². The van der Waals surface area contributed by atoms with Crippen LogP contribution in [0.15, 0.2) is 53.6 Å². The Kier molecular flexibility index (Phi) is 6.33. The van der Waals surface area contributed by atoms with Crippen molar-refractivity contribution in [2.24, 2.45) is 5.10 Å². The first kappa shape index (κ1) is 17.5. The summed E-state index contributed by atoms with van der Waals surface area (Å²) < 4.78 is 5.41. The van der Waals surface area contributed by atoms with Crippen molar-refractivity contribution in [1.82, 2.24) is 5.43 Å². The van der Waals surface area contributed by atoms with Gasteiger partial charge in [-0.3, -0.25) is 9.59 Å². The number of carbonyl (C=O) groups excluding carboxylic acids is 2. The molecule has 2 aromatic rings. The summed E-state index contributed by atoms with van der Waals surface area (Å²) in [5, 5.41) is 6.90. The number of amides is 2. The molecule has 0 saturated heterocycles. The Balaban J connectivity index is 1.83. The second-order valence-electron chi connectivity index (χ2n) is 4.81. The molecule has 24 heavy (non-hydrogen) atoms. The van der Waals surface area contributed by atoms with Gasteiger partial charge in [0, 0.05) is 6.92 Å². The number of halogens is 1. The number of rotatable bonds is 6. The van der Waals surface area contributed by atoms with Gasteiger partial charge >= 0.3 is 0 Å². The average Bonchev–Trinajstić information content (AvgIpc) is 2.56. The van der Waals surface area contributed by atoms with E-state index in [1.54, 1.807) is 48.5 Å². The second kappa shape index (κ2) is 8.69. The average molecular weight is 346 g/mol. The summed E-state index contributed by atoms with van der Waals surface area (Å²) in [4.78, 5) is 22.6. The van der Waals surface area contributed by atoms with Gasteiger partial charge in [0.1, 0.15) is 5.75 Å². The molecule has 2 rings (SSSR count). The van der Waals surface area contributed by atoms with E-state index in [0.29, 0.717) is 16.5 Å². The number of hydrogen-bond donors (Lipinski definition) is 2. The van der Waals surface area contributed by atoms with Crippen molar-refractivity contribution >= 4 is 35.3 Å². The molecular formula is C17H16ClN3O3. The molecule has 0 heterocycles. The quantitative estimate of drug-likeness (QED) is 0.624. The molecule has 7 heteroatoms. The molecule has 0 saturated carbocycles. The van der Waals surface area contributed by atoms with Crippen molar-refractivity contribution in [2.75, 3.05) is 11.9 Å². The standard InChI is InChI=1S/C17H16ClN3O3/c1-12(22)21-19-10-13-6-8-14(9-7-13)24-11-17(23)20-16-5-3-2-4-15(16)18/h2-10H,11H2,1H3,(H,20,23)(H,21,22)/b19-10+. The topological polar surface area (TPSA) is 79.8 Å². The maximum Gasteiger partial charge on any atom is 0.262 e. The lowest BCUT2D eigenvalue weighted by atomic mass is 10.2. The minimum Gasteiger partial charge on any atom is -0.484 e. The summed E-state index contributed by atoms with van der Waals surface area (Å²) in [6.45, 7) is 1.24. The van der Waals surface area contributed by atoms with Gasteiger partial charge in [0.2, 0.25) is 5.91 Å². The highest BCUT2D eigenvalue weighted by atomic mass is 35.5. The molecule has 2 amide bonds. The fraction of sp³-hybridized carbons (Fsp3) is 0.118. The number of para-hydroxylation sites is 1. The van der Waals surface area contributed by atoms with E-state index in [1.165, 1.54) is 13.1 Å². The first-order chi connectivity index (χ1) is 11.5. The van der Waals surface area contributed by atoms with Crippen molar-refractivity contribution in [1.29, 1.82) is 0 Å². The lowest BCUT2D eigenvalue weighted by Crippen LogP contribution is -2.20. The summed E-state index contributed by atoms with van der Waals surface area (Å²) in [5.41, 5.74) is 3.64. The molecule has 0 spiro atoms. The van der Waals surface area contributed by atoms with Crippen molar-refractivity contribution in [3.05, 3.63) is 59.1 Å². The van der Waals surface area contributed by atoms with Crippen LogP contribution in [0.3, 0.4) is 0 Å². The molecule has 0 unspecified atom stereocenters. The maximum atomic E-state index is 11.9. The molecular weight excluding hydrogens is 330 g/mol. The monoisotopic (exact) mass is 345 g/mol. The fourth-order valence-corrected chi connectivity index (χ4v) is 1.93. The third kappa shape index (κ3) is 5.73. The number of benzene rings is 2. The second-order valence-corrected chi connectivity index (χ2v) is 5.22. The van der Waals surface area contributed by atoms with Gasteiger partial charge in [-0.15, -0.1) is 0 Å². The van der Waals surface area contributed by atoms with Crippen molar-refractivity contribution in [3.63, 3.8) is 0 Å². The summed E-state index contributed by atoms with van der Waals surface area (Å²) in [6.07, 6.45) is 1.51. The normalized spacial score (nSPS) is 10.4. The number of nitrogens with zero attached hydrogens (tertiary/aromatic N) is 1. The molecule has 0 fully saturated rings. The van der Waals surface area contributed by atoms with Crippen LogP contribution in [0.25, 0.3) is 0 Å². The van der Waals surface area contributed by atoms with E-state index in [-0.39, 0.29) is 18.4 Å². The number of carbonyl (C=O) groups is 2. The molecule has 2 aromatic carbocycles. The SMILES string of the molecule is CC(=O)N/N=C/c1ccc(OCC(=O)Nc2ccccc2Cl)cc1. The highest BCUT2D eigenvalue weighted by molar-refractivity contribution is 6.33. The molecule has 2 N–H and O–H groups in total. The van der Waals surface area contributed by atoms with Gasteiger partial charge < -0.3 is 10.1 Å². The number of hydrogen-bond acceptors (Lipinski definition) is 4. The summed E-state index contributed by atoms with van der Waals surface area (Å²) in [6, 6.07) is 13.9. The molecule has 0 atom stereocenters. The lowest BCUT2D eigenvalue weighted by Gasteiger charge is -2.08. The van der Waals surface area contributed by atoms with E-state index in [2.05, 4.69) is 15.8 Å². The smallest absolute Gasteiger partial charge is 0.262 e. The molecule has 0 aliphatic heterocycles. The summed E-state index contributed by atoms with van der Waals surface area (Å²) in [5.74, 6) is -0.00359. The van der Waals surface area contributed by atoms with Crippen LogP contribution in [-0.4, -0.2) is 24.6 Å². The van der Waals surface area contributed by atoms with Gasteiger partial charge in [0.05, 0.1) is 16.9 Å². The summed E-state index contributed by atoms with van der Waals surface area (Å²) >= 11 is 5.97. The number of ether oxygens (including phenoxy) is 1. The van der Waals surface area contributed by atoms with E-state index >= 15 is 0 Å². The predicted molar refractivity (Wildman–Crippen MR) is 93.4 cm³/mol. The molecule has 0 aliphatic rings. The number of nitrogens with one attached hydrogen (secondary N) is 2. The molecule has 0 bridgehead atoms. The van der Waals surface area contributed by atoms with Crippen LogP contribution < -0.4 is 15.5 Å². The number of hydrazone groups is 1. The zero-order valence-corrected chi connectivity index (χ0v) is 13.7. The maximum absolute atomic E-state index is 11.9. The van der Waals surface area contributed by atoms with E-state index in [1.807, 2.05) is 0 Å². The zero-order valence-electron chi connectivity index (χ0n) is 13.0. The van der Waals surface area contributed by atoms with Gasteiger partial charge in [-0.2, -0.15) is 5.10 Å². The molecule has 124 valence electrons. The Hall–Kier alpha value is -2.86. The Morgan fingerprint density at radius 2 is 1.88 bits per heavy atom. The largest absolute Gasteiger partial charge is 0.484 e. The Morgan fingerprint density at radius 3 is 2.54 bits per heavy atom. The van der Waals surface area contributed by atoms with Crippen LogP contribution in [0.5, 0.6) is 5.75 Å². The Bertz CT molecular complexity index is 745. The van der Waals surface area contributed by atoms with Gasteiger partial charge in [-0.05, 0) is 42.0 Å². The molecule has 0 aromatic heterocycles. The zero-order chi connectivity index (χ0) is 17.4. The van der Waals surface area contributed by atoms with Gasteiger partial charge in [-0.25, -0.2) is 5.43 Å². The van der Waals surface area contributed by atoms with E-state index in [4.69, 9.17) is 16.3 Å². The predicted octanol–water partition coefficient (Wildman–Crippen LogP) is 2.83. The van der Waals surface area contributed by atoms with Crippen LogP contribution in [0.1, 0.15) is 12.5 Å². The Morgan fingerprint density at radius 1 is 1.17 bits per heavy atom. The van der Waals surface area contributed by atoms with Crippen LogP contribution >= 0.6 is 11.6 Å². The van der Waals surface area contributed by atoms with E-state index in [0.717, 1.165) is 5.56 Å². The third-order valence-electron chi connectivity index (χ3n) is 2.83. The van der Waals surface area contributed by atoms with Gasteiger partial charge in [0.15, 0.2) is 6.61 Å². The Labute approximate surface area is 144 Å². The van der Waals surface area contributed by atoms with Crippen molar-refractivity contribution in [3.8, 4) is 5.75 Å². The van der Waals surface area contributed by atoms with Crippen LogP contribution in [-0.2, 0) is 9.59 Å². The van der Waals surface area contributed by atoms with E-state index < -0.39 is 0 Å². The van der Waals surface area contributed by atoms with Crippen LogP contribution in [0.2, 0.25) is 5.02 Å². The summed E-state index contributed by atoms with van der Waals surface area (Å²) in [7, 11) is 0. The van der Waals surface area contributed by atoms with Crippen molar-refractivity contribution < 1.29 is 14.3 Å². The molecule has 6 nitrogen and oxygen atoms in total. The third-order valence-corrected chi connectivity index (χ3v) is 3.16. The van der Waals surface area contributed by atoms with Gasteiger partial charge in [0.25, 0.3) is 5.91 Å². The fourth-order valence-electron chi connectivity index (χ4n) is 1.75. The highest BCUT2D eigenvalue weighted by Gasteiger charge is 2.06. The lowest BCUT2D eigenvalue weighted by molar-refractivity contribution is -0.119. The van der Waals surface area contributed by atoms with Crippen molar-refractivity contribution in [2.45, 2.75) is 6.92 Å². The first-order valence-corrected chi connectivity index (χ1v) is 7.49.